The fourth-order valence-corrected chi connectivity index (χ4v) is 2.83. The van der Waals surface area contributed by atoms with Gasteiger partial charge in [0.05, 0.1) is 29.4 Å². The van der Waals surface area contributed by atoms with Crippen LogP contribution in [0.25, 0.3) is 0 Å². The molecule has 0 aliphatic heterocycles. The number of carbonyl (C=O) groups is 3. The zero-order chi connectivity index (χ0) is 20.5. The van der Waals surface area contributed by atoms with Gasteiger partial charge in [-0.1, -0.05) is 18.2 Å². The summed E-state index contributed by atoms with van der Waals surface area (Å²) in [7, 11) is 1.45. The second kappa shape index (κ2) is 10.1. The van der Waals surface area contributed by atoms with E-state index in [-0.39, 0.29) is 18.0 Å². The van der Waals surface area contributed by atoms with Crippen LogP contribution in [0, 0.1) is 11.3 Å². The van der Waals surface area contributed by atoms with Crippen LogP contribution in [0.3, 0.4) is 0 Å². The molecule has 2 rings (SSSR count). The molecule has 0 aromatic heterocycles. The third kappa shape index (κ3) is 5.86. The van der Waals surface area contributed by atoms with E-state index in [0.29, 0.717) is 11.3 Å². The van der Waals surface area contributed by atoms with Crippen molar-refractivity contribution in [3.05, 3.63) is 59.7 Å². The normalized spacial score (nSPS) is 9.89. The third-order valence-corrected chi connectivity index (χ3v) is 4.54. The van der Waals surface area contributed by atoms with E-state index in [0.717, 1.165) is 4.90 Å². The van der Waals surface area contributed by atoms with E-state index in [4.69, 9.17) is 10.00 Å². The third-order valence-electron chi connectivity index (χ3n) is 3.74. The molecule has 0 aliphatic carbocycles. The molecular formula is C20H19N3O4S. The van der Waals surface area contributed by atoms with Gasteiger partial charge in [-0.05, 0) is 36.6 Å². The summed E-state index contributed by atoms with van der Waals surface area (Å²) < 4.78 is 4.97. The van der Waals surface area contributed by atoms with Gasteiger partial charge in [-0.2, -0.15) is 5.26 Å². The summed E-state index contributed by atoms with van der Waals surface area (Å²) in [6.45, 7) is -0.677. The summed E-state index contributed by atoms with van der Waals surface area (Å²) in [6.07, 6.45) is 1.90. The number of nitrogens with zero attached hydrogens (tertiary/aromatic N) is 2. The smallest absolute Gasteiger partial charge is 0.338 e. The molecule has 0 heterocycles. The molecule has 0 radical (unpaired) electrons. The van der Waals surface area contributed by atoms with Crippen LogP contribution in [0.5, 0.6) is 0 Å². The van der Waals surface area contributed by atoms with Crippen molar-refractivity contribution >= 4 is 35.2 Å². The number of para-hydroxylation sites is 1. The molecule has 0 bridgehead atoms. The van der Waals surface area contributed by atoms with E-state index in [1.165, 1.54) is 35.8 Å². The number of benzene rings is 2. The molecule has 0 spiro atoms. The lowest BCUT2D eigenvalue weighted by Gasteiger charge is -2.17. The van der Waals surface area contributed by atoms with Crippen LogP contribution in [0.15, 0.2) is 53.4 Å². The average Bonchev–Trinajstić information content (AvgIpc) is 2.71. The van der Waals surface area contributed by atoms with Gasteiger partial charge in [0.25, 0.3) is 5.91 Å². The summed E-state index contributed by atoms with van der Waals surface area (Å²) in [5, 5.41) is 11.6. The van der Waals surface area contributed by atoms with Crippen LogP contribution >= 0.6 is 11.8 Å². The van der Waals surface area contributed by atoms with Crippen molar-refractivity contribution < 1.29 is 19.1 Å². The SMILES string of the molecule is CSc1ccccc1NC(=O)CN(C)C(=O)COC(=O)c1cccc(C#N)c1. The maximum Gasteiger partial charge on any atom is 0.338 e. The van der Waals surface area contributed by atoms with Gasteiger partial charge in [-0.25, -0.2) is 4.79 Å². The Morgan fingerprint density at radius 1 is 1.18 bits per heavy atom. The molecule has 7 nitrogen and oxygen atoms in total. The van der Waals surface area contributed by atoms with Gasteiger partial charge in [0.1, 0.15) is 0 Å². The number of amides is 2. The molecule has 0 saturated heterocycles. The fraction of sp³-hybridized carbons (Fsp3) is 0.200. The minimum Gasteiger partial charge on any atom is -0.452 e. The number of hydrogen-bond donors (Lipinski definition) is 1. The number of nitriles is 1. The van der Waals surface area contributed by atoms with Crippen LogP contribution in [0.2, 0.25) is 0 Å². The van der Waals surface area contributed by atoms with Crippen molar-refractivity contribution in [2.45, 2.75) is 4.90 Å². The van der Waals surface area contributed by atoms with E-state index in [1.807, 2.05) is 30.5 Å². The summed E-state index contributed by atoms with van der Waals surface area (Å²) in [5.41, 5.74) is 1.17. The van der Waals surface area contributed by atoms with E-state index in [1.54, 1.807) is 18.2 Å². The summed E-state index contributed by atoms with van der Waals surface area (Å²) >= 11 is 1.50. The average molecular weight is 397 g/mol. The first kappa shape index (κ1) is 21.0. The summed E-state index contributed by atoms with van der Waals surface area (Å²) in [5.74, 6) is -1.58. The molecule has 144 valence electrons. The van der Waals surface area contributed by atoms with E-state index >= 15 is 0 Å². The number of anilines is 1. The molecule has 0 unspecified atom stereocenters. The van der Waals surface area contributed by atoms with Crippen LogP contribution in [0.4, 0.5) is 5.69 Å². The second-order valence-corrected chi connectivity index (χ2v) is 6.62. The standard InChI is InChI=1S/C20H19N3O4S/c1-23(12-18(24)22-16-8-3-4-9-17(16)28-2)19(25)13-27-20(26)15-7-5-6-14(10-15)11-21/h3-10H,12-13H2,1-2H3,(H,22,24). The Morgan fingerprint density at radius 2 is 1.93 bits per heavy atom. The zero-order valence-corrected chi connectivity index (χ0v) is 16.3. The van der Waals surface area contributed by atoms with Crippen LogP contribution in [0.1, 0.15) is 15.9 Å². The van der Waals surface area contributed by atoms with Gasteiger partial charge in [0.15, 0.2) is 6.61 Å². The molecule has 0 atom stereocenters. The van der Waals surface area contributed by atoms with Gasteiger partial charge in [-0.3, -0.25) is 9.59 Å². The molecule has 2 aromatic rings. The van der Waals surface area contributed by atoms with Gasteiger partial charge >= 0.3 is 5.97 Å². The predicted molar refractivity (Wildman–Crippen MR) is 106 cm³/mol. The number of carbonyl (C=O) groups excluding carboxylic acids is 3. The minimum atomic E-state index is -0.711. The number of rotatable bonds is 7. The Hall–Kier alpha value is -3.31. The van der Waals surface area contributed by atoms with Crippen molar-refractivity contribution in [3.63, 3.8) is 0 Å². The second-order valence-electron chi connectivity index (χ2n) is 5.77. The first-order chi connectivity index (χ1) is 13.4. The molecule has 0 fully saturated rings. The van der Waals surface area contributed by atoms with Crippen molar-refractivity contribution in [1.29, 1.82) is 5.26 Å². The lowest BCUT2D eigenvalue weighted by Crippen LogP contribution is -2.37. The van der Waals surface area contributed by atoms with Crippen molar-refractivity contribution in [2.75, 3.05) is 31.8 Å². The largest absolute Gasteiger partial charge is 0.452 e. The Balaban J connectivity index is 1.86. The lowest BCUT2D eigenvalue weighted by molar-refractivity contribution is -0.136. The summed E-state index contributed by atoms with van der Waals surface area (Å²) in [4.78, 5) is 38.4. The Bertz CT molecular complexity index is 924. The molecular weight excluding hydrogens is 378 g/mol. The van der Waals surface area contributed by atoms with Crippen molar-refractivity contribution in [3.8, 4) is 6.07 Å². The molecule has 8 heteroatoms. The predicted octanol–water partition coefficient (Wildman–Crippen LogP) is 2.53. The lowest BCUT2D eigenvalue weighted by atomic mass is 10.1. The Kier molecular flexibility index (Phi) is 7.60. The molecule has 2 aromatic carbocycles. The molecule has 0 aliphatic rings. The molecule has 2 amide bonds. The van der Waals surface area contributed by atoms with E-state index in [9.17, 15) is 14.4 Å². The Morgan fingerprint density at radius 3 is 2.64 bits per heavy atom. The molecule has 0 saturated carbocycles. The number of esters is 1. The molecule has 1 N–H and O–H groups in total. The maximum atomic E-state index is 12.2. The minimum absolute atomic E-state index is 0.178. The van der Waals surface area contributed by atoms with Crippen LogP contribution < -0.4 is 5.32 Å². The van der Waals surface area contributed by atoms with Crippen LogP contribution in [-0.4, -0.2) is 49.1 Å². The van der Waals surface area contributed by atoms with E-state index in [2.05, 4.69) is 5.32 Å². The highest BCUT2D eigenvalue weighted by Gasteiger charge is 2.17. The zero-order valence-electron chi connectivity index (χ0n) is 15.5. The van der Waals surface area contributed by atoms with Crippen LogP contribution in [-0.2, 0) is 14.3 Å². The molecule has 28 heavy (non-hydrogen) atoms. The maximum absolute atomic E-state index is 12.2. The summed E-state index contributed by atoms with van der Waals surface area (Å²) in [6, 6.07) is 15.3. The number of ether oxygens (including phenoxy) is 1. The van der Waals surface area contributed by atoms with Crippen molar-refractivity contribution in [1.82, 2.24) is 4.90 Å². The van der Waals surface area contributed by atoms with E-state index < -0.39 is 18.5 Å². The van der Waals surface area contributed by atoms with Gasteiger partial charge in [0, 0.05) is 11.9 Å². The number of likely N-dealkylation sites (N-methyl/N-ethyl adjacent to an activating group) is 1. The Labute approximate surface area is 167 Å². The van der Waals surface area contributed by atoms with Gasteiger partial charge in [-0.15, -0.1) is 11.8 Å². The first-order valence-electron chi connectivity index (χ1n) is 8.28. The quantitative estimate of drug-likeness (QED) is 0.569. The number of hydrogen-bond acceptors (Lipinski definition) is 6. The van der Waals surface area contributed by atoms with Gasteiger partial charge in [0.2, 0.25) is 5.91 Å². The highest BCUT2D eigenvalue weighted by atomic mass is 32.2. The fourth-order valence-electron chi connectivity index (χ4n) is 2.28. The highest BCUT2D eigenvalue weighted by molar-refractivity contribution is 7.98. The topological polar surface area (TPSA) is 99.5 Å². The van der Waals surface area contributed by atoms with Crippen molar-refractivity contribution in [2.24, 2.45) is 0 Å². The highest BCUT2D eigenvalue weighted by Crippen LogP contribution is 2.24. The van der Waals surface area contributed by atoms with Gasteiger partial charge < -0.3 is 15.0 Å². The monoisotopic (exact) mass is 397 g/mol. The number of nitrogens with one attached hydrogen (secondary N) is 1. The number of thioether (sulfide) groups is 1. The first-order valence-corrected chi connectivity index (χ1v) is 9.51.